The van der Waals surface area contributed by atoms with Crippen LogP contribution in [0.1, 0.15) is 119 Å². The van der Waals surface area contributed by atoms with Gasteiger partial charge in [0.1, 0.15) is 27.9 Å². The molecule has 0 spiro atoms. The Kier molecular flexibility index (Phi) is 19.1. The van der Waals surface area contributed by atoms with Crippen molar-refractivity contribution in [3.63, 3.8) is 0 Å². The van der Waals surface area contributed by atoms with Crippen LogP contribution in [0.5, 0.6) is 0 Å². The molecule has 18 heteroatoms. The van der Waals surface area contributed by atoms with E-state index in [1.54, 1.807) is 32.7 Å². The molecular formula is C45H73N5O10S3. The van der Waals surface area contributed by atoms with Crippen LogP contribution >= 0.6 is 34.9 Å². The van der Waals surface area contributed by atoms with Gasteiger partial charge in [0.2, 0.25) is 5.91 Å². The second-order valence-corrected chi connectivity index (χ2v) is 21.4. The highest BCUT2D eigenvalue weighted by molar-refractivity contribution is 8.16. The molecule has 15 nitrogen and oxygen atoms in total. The van der Waals surface area contributed by atoms with Crippen molar-refractivity contribution >= 4 is 68.7 Å². The monoisotopic (exact) mass is 939 g/mol. The van der Waals surface area contributed by atoms with Crippen LogP contribution in [0.4, 0.5) is 0 Å². The van der Waals surface area contributed by atoms with E-state index in [0.29, 0.717) is 36.5 Å². The summed E-state index contributed by atoms with van der Waals surface area (Å²) in [7, 11) is 1.57. The highest BCUT2D eigenvalue weighted by atomic mass is 32.2. The number of rotatable bonds is 11. The smallest absolute Gasteiger partial charge is 0.331 e. The zero-order valence-corrected chi connectivity index (χ0v) is 41.8. The standard InChI is InChI=1S/C45H73N5O10S3/c1-14-17-24(6)34(52)26(8)37-25(7)30(58-13)18-31-46-29(19-61-31)39-49-45(12,21-62-39)43-50-44(11,20-63-43)42(57)48-32(22(4)15-2)35(53)27(9)40(55)59-36(23(5)16-3)38(54)47-33(28(10)51)41(56)60-37/h19,22-28,30,32-37,51-53H,14-18,20-21H2,1-13H3,(H,47,54)(H,48,57)/t22-,23-,24+,25-,26-,27+,28+,30-,32-,33-,34-,35-,36-,37-,44+,45+/m0/s1. The zero-order valence-electron chi connectivity index (χ0n) is 39.4. The Labute approximate surface area is 386 Å². The van der Waals surface area contributed by atoms with E-state index < -0.39 is 107 Å². The maximum atomic E-state index is 14.2. The predicted molar refractivity (Wildman–Crippen MR) is 250 cm³/mol. The lowest BCUT2D eigenvalue weighted by Crippen LogP contribution is -2.57. The Bertz CT molecular complexity index is 1810. The van der Waals surface area contributed by atoms with Gasteiger partial charge in [-0.25, -0.2) is 9.78 Å². The average molecular weight is 940 g/mol. The summed E-state index contributed by atoms with van der Waals surface area (Å²) in [4.78, 5) is 71.4. The van der Waals surface area contributed by atoms with Gasteiger partial charge in [0, 0.05) is 48.2 Å². The first-order chi connectivity index (χ1) is 29.6. The van der Waals surface area contributed by atoms with Crippen molar-refractivity contribution in [2.75, 3.05) is 18.6 Å². The summed E-state index contributed by atoms with van der Waals surface area (Å²) in [6.45, 7) is 21.6. The molecular weight excluding hydrogens is 867 g/mol. The summed E-state index contributed by atoms with van der Waals surface area (Å²) >= 11 is 4.51. The molecule has 5 N–H and O–H groups in total. The highest BCUT2D eigenvalue weighted by Gasteiger charge is 2.48. The maximum absolute atomic E-state index is 14.2. The van der Waals surface area contributed by atoms with Crippen LogP contribution in [0.25, 0.3) is 0 Å². The highest BCUT2D eigenvalue weighted by Crippen LogP contribution is 2.41. The van der Waals surface area contributed by atoms with E-state index in [2.05, 4.69) is 10.6 Å². The van der Waals surface area contributed by atoms with Crippen molar-refractivity contribution in [2.45, 2.75) is 175 Å². The minimum Gasteiger partial charge on any atom is -0.460 e. The fourth-order valence-electron chi connectivity index (χ4n) is 8.30. The molecule has 3 aliphatic heterocycles. The number of esters is 2. The number of cyclic esters (lactones) is 2. The number of fused-ring (bicyclic) bond motifs is 6. The lowest BCUT2D eigenvalue weighted by Gasteiger charge is -2.38. The second kappa shape index (κ2) is 22.7. The lowest BCUT2D eigenvalue weighted by molar-refractivity contribution is -0.172. The number of carbonyl (C=O) groups excluding carboxylic acids is 4. The number of nitrogens with zero attached hydrogens (tertiary/aromatic N) is 3. The van der Waals surface area contributed by atoms with Crippen molar-refractivity contribution in [1.29, 1.82) is 0 Å². The lowest BCUT2D eigenvalue weighted by atomic mass is 9.80. The average Bonchev–Trinajstić information content (AvgIpc) is 4.01. The van der Waals surface area contributed by atoms with Gasteiger partial charge in [-0.2, -0.15) is 0 Å². The number of aliphatic imine (C=N–C) groups is 2. The normalized spacial score (nSPS) is 34.6. The first-order valence-corrected chi connectivity index (χ1v) is 25.4. The molecule has 6 bridgehead atoms. The van der Waals surface area contributed by atoms with Crippen LogP contribution in [0.3, 0.4) is 0 Å². The number of amides is 2. The number of hydrogen-bond acceptors (Lipinski definition) is 16. The first-order valence-electron chi connectivity index (χ1n) is 22.6. The van der Waals surface area contributed by atoms with E-state index in [0.717, 1.165) is 27.9 Å². The molecule has 0 saturated heterocycles. The molecule has 0 radical (unpaired) electrons. The molecule has 0 aromatic carbocycles. The summed E-state index contributed by atoms with van der Waals surface area (Å²) < 4.78 is 18.2. The minimum absolute atomic E-state index is 0.122. The van der Waals surface area contributed by atoms with E-state index in [-0.39, 0.29) is 11.8 Å². The number of aliphatic hydroxyl groups excluding tert-OH is 3. The van der Waals surface area contributed by atoms with Crippen molar-refractivity contribution < 1.29 is 48.7 Å². The Hall–Kier alpha value is -2.61. The largest absolute Gasteiger partial charge is 0.460 e. The van der Waals surface area contributed by atoms with Gasteiger partial charge >= 0.3 is 11.9 Å². The third kappa shape index (κ3) is 12.4. The molecule has 16 atom stereocenters. The van der Waals surface area contributed by atoms with Gasteiger partial charge < -0.3 is 40.2 Å². The molecule has 3 aliphatic rings. The summed E-state index contributed by atoms with van der Waals surface area (Å²) in [5, 5.41) is 44.2. The number of hydrogen-bond donors (Lipinski definition) is 5. The Morgan fingerprint density at radius 2 is 1.56 bits per heavy atom. The van der Waals surface area contributed by atoms with E-state index >= 15 is 0 Å². The van der Waals surface area contributed by atoms with Gasteiger partial charge in [-0.05, 0) is 52.4 Å². The summed E-state index contributed by atoms with van der Waals surface area (Å²) in [5.74, 6) is -5.26. The molecule has 356 valence electrons. The maximum Gasteiger partial charge on any atom is 0.331 e. The first kappa shape index (κ1) is 53.0. The van der Waals surface area contributed by atoms with Crippen molar-refractivity contribution in [3.05, 3.63) is 16.1 Å². The molecule has 4 heterocycles. The Balaban J connectivity index is 1.81. The number of nitrogens with one attached hydrogen (secondary N) is 2. The van der Waals surface area contributed by atoms with Gasteiger partial charge in [-0.15, -0.1) is 34.9 Å². The molecule has 0 unspecified atom stereocenters. The molecule has 4 rings (SSSR count). The Morgan fingerprint density at radius 1 is 0.905 bits per heavy atom. The van der Waals surface area contributed by atoms with Gasteiger partial charge in [-0.3, -0.25) is 24.4 Å². The second-order valence-electron chi connectivity index (χ2n) is 18.6. The van der Waals surface area contributed by atoms with E-state index in [1.807, 2.05) is 60.8 Å². The molecule has 0 saturated carbocycles. The molecule has 2 amide bonds. The molecule has 0 aliphatic carbocycles. The van der Waals surface area contributed by atoms with Gasteiger partial charge in [0.15, 0.2) is 12.1 Å². The minimum atomic E-state index is -1.57. The van der Waals surface area contributed by atoms with Crippen LogP contribution in [-0.2, 0) is 39.8 Å². The van der Waals surface area contributed by atoms with E-state index in [4.69, 9.17) is 29.2 Å². The van der Waals surface area contributed by atoms with Crippen LogP contribution in [0.15, 0.2) is 15.4 Å². The summed E-state index contributed by atoms with van der Waals surface area (Å²) in [6.07, 6.45) is -3.62. The van der Waals surface area contributed by atoms with Gasteiger partial charge in [0.05, 0.1) is 46.4 Å². The number of methoxy groups -OCH3 is 1. The third-order valence-corrected chi connectivity index (χ3v) is 17.0. The van der Waals surface area contributed by atoms with Crippen molar-refractivity contribution in [2.24, 2.45) is 45.5 Å². The number of aromatic nitrogens is 1. The van der Waals surface area contributed by atoms with Gasteiger partial charge in [-0.1, -0.05) is 68.2 Å². The van der Waals surface area contributed by atoms with Crippen molar-refractivity contribution in [1.82, 2.24) is 15.6 Å². The SMILES string of the molecule is CCC[C@@H](C)[C@H](O)[C@H](C)[C@H]1OC(=O)[C@H]([C@@H](C)O)NC(=O)[C@H]([C@@H](C)CC)OC(=O)[C@H](C)[C@H](O)[C@H]([C@@H](C)CC)NC(=O)[C@@]2(C)CSC(=N2)[C@@]2(C)CSC(=N2)c2csc(n2)C[C@H](OC)[C@@H]1C. The molecule has 1 aromatic rings. The van der Waals surface area contributed by atoms with Crippen LogP contribution in [0.2, 0.25) is 0 Å². The van der Waals surface area contributed by atoms with Crippen molar-refractivity contribution in [3.8, 4) is 0 Å². The molecule has 63 heavy (non-hydrogen) atoms. The molecule has 0 fully saturated rings. The number of thiazole rings is 1. The summed E-state index contributed by atoms with van der Waals surface area (Å²) in [6, 6.07) is -2.44. The number of ether oxygens (including phenoxy) is 3. The van der Waals surface area contributed by atoms with Crippen LogP contribution in [0, 0.1) is 35.5 Å². The number of carbonyl (C=O) groups is 4. The van der Waals surface area contributed by atoms with E-state index in [9.17, 15) is 34.5 Å². The zero-order chi connectivity index (χ0) is 47.1. The Morgan fingerprint density at radius 3 is 2.16 bits per heavy atom. The quantitative estimate of drug-likeness (QED) is 0.181. The fourth-order valence-corrected chi connectivity index (χ4v) is 11.7. The van der Waals surface area contributed by atoms with Gasteiger partial charge in [0.25, 0.3) is 5.91 Å². The summed E-state index contributed by atoms with van der Waals surface area (Å²) in [5.41, 5.74) is -1.17. The van der Waals surface area contributed by atoms with E-state index in [1.165, 1.54) is 36.9 Å². The topological polar surface area (TPSA) is 218 Å². The molecule has 1 aromatic heterocycles. The third-order valence-electron chi connectivity index (χ3n) is 13.3. The van der Waals surface area contributed by atoms with Crippen LogP contribution in [-0.4, -0.2) is 133 Å². The van der Waals surface area contributed by atoms with Crippen LogP contribution < -0.4 is 10.6 Å². The number of aliphatic hydroxyl groups is 3. The number of thioether (sulfide) groups is 2. The predicted octanol–water partition coefficient (Wildman–Crippen LogP) is 5.20. The fraction of sp³-hybridized carbons (Fsp3) is 0.800.